The molecule has 0 radical (unpaired) electrons. The minimum Gasteiger partial charge on any atom is -0.423 e. The van der Waals surface area contributed by atoms with E-state index in [2.05, 4.69) is 253 Å². The number of rotatable bonds is 27. The first kappa shape index (κ1) is 92.9. The highest BCUT2D eigenvalue weighted by Crippen LogP contribution is 3.45. The van der Waals surface area contributed by atoms with E-state index < -0.39 is 7.12 Å². The molecule has 3 aromatic rings. The fourth-order valence-corrected chi connectivity index (χ4v) is 656. The van der Waals surface area contributed by atoms with Gasteiger partial charge in [-0.3, -0.25) is 19.3 Å². The highest BCUT2D eigenvalue weighted by Gasteiger charge is 2.58. The SMILES string of the molecule is BrC1=NC(C2CC2)C=C1.O=Cc1ccc(-c2cnn(C3CC3)c2)cc1.O=Cc1ccc(B(O)O)cc1.PP(P)P(P(P)P)P(P(P(P)P)P(P)P)P(P(P(P(P)P)P(P)P)P(P(P)P)P(P)P)P(P(P(P)P)P(P)P)P(P(P)P)P(P)P. The van der Waals surface area contributed by atoms with Gasteiger partial charge in [-0.15, -0.1) is 214 Å². The fourth-order valence-electron chi connectivity index (χ4n) is 6.32. The predicted octanol–water partition coefficient (Wildman–Crippen LogP) is 30.8. The minimum atomic E-state index is -1.46. The van der Waals surface area contributed by atoms with Gasteiger partial charge in [0.1, 0.15) is 17.2 Å². The number of carbonyl (C=O) groups is 2. The second kappa shape index (κ2) is 49.6. The molecule has 462 valence electrons. The van der Waals surface area contributed by atoms with E-state index in [1.807, 2.05) is 41.2 Å². The third-order valence-corrected chi connectivity index (χ3v) is 324. The van der Waals surface area contributed by atoms with E-state index in [9.17, 15) is 9.59 Å². The Kier molecular flexibility index (Phi) is 56.1. The van der Waals surface area contributed by atoms with E-state index in [4.69, 9.17) is 10.0 Å². The van der Waals surface area contributed by atoms with Crippen molar-refractivity contribution in [2.24, 2.45) is 10.9 Å². The molecule has 2 fully saturated rings. The highest BCUT2D eigenvalue weighted by atomic mass is 79.9. The largest absolute Gasteiger partial charge is 0.488 e. The molecule has 6 rings (SSSR count). The molecule has 2 N–H and O–H groups in total. The molecule has 2 saturated carbocycles. The maximum Gasteiger partial charge on any atom is 0.488 e. The quantitative estimate of drug-likeness (QED) is 0.0449. The van der Waals surface area contributed by atoms with Crippen LogP contribution in [0.25, 0.3) is 11.1 Å². The Labute approximate surface area is 580 Å². The Bertz CT molecular complexity index is 2190. The molecule has 0 amide bonds. The number of hydrogen-bond donors (Lipinski definition) is 2. The Balaban J connectivity index is 0.000000381. The van der Waals surface area contributed by atoms with Crippen molar-refractivity contribution in [1.82, 2.24) is 9.78 Å². The lowest BCUT2D eigenvalue weighted by molar-refractivity contribution is 0.111. The molecule has 2 aliphatic carbocycles. The van der Waals surface area contributed by atoms with Gasteiger partial charge in [0.05, 0.1) is 18.3 Å². The smallest absolute Gasteiger partial charge is 0.423 e. The fraction of sp³-hybridized carbons (Fsp3) is 0.259. The van der Waals surface area contributed by atoms with Crippen molar-refractivity contribution in [1.29, 1.82) is 0 Å². The zero-order chi connectivity index (χ0) is 62.2. The lowest BCUT2D eigenvalue weighted by Crippen LogP contribution is -2.29. The molecule has 25 atom stereocenters. The van der Waals surface area contributed by atoms with Gasteiger partial charge in [-0.25, -0.2) is 0 Å². The monoisotopic (exact) mass is 2020 g/mol. The second-order valence-electron chi connectivity index (χ2n) is 16.2. The molecule has 3 aliphatic rings. The molecule has 1 aliphatic heterocycles. The van der Waals surface area contributed by atoms with Crippen molar-refractivity contribution in [3.63, 3.8) is 0 Å². The summed E-state index contributed by atoms with van der Waals surface area (Å²) in [5.41, 5.74) is 3.84. The van der Waals surface area contributed by atoms with Gasteiger partial charge in [0.25, 0.3) is 0 Å². The van der Waals surface area contributed by atoms with Crippen molar-refractivity contribution in [3.8, 4) is 11.1 Å². The molecule has 1 aromatic heterocycles. The van der Waals surface area contributed by atoms with Crippen LogP contribution in [0.3, 0.4) is 0 Å². The molecular formula is C27H75BBrN3O4P46. The number of nitrogens with zero attached hydrogens (tertiary/aromatic N) is 3. The van der Waals surface area contributed by atoms with Crippen LogP contribution in [-0.4, -0.2) is 50.2 Å². The number of aromatic nitrogens is 2. The Morgan fingerprint density at radius 2 is 0.756 bits per heavy atom. The first-order chi connectivity index (χ1) is 38.3. The minimum absolute atomic E-state index is 0.0983. The van der Waals surface area contributed by atoms with Crippen molar-refractivity contribution < 1.29 is 19.6 Å². The number of aliphatic imine (C=N–C) groups is 1. The first-order valence-electron chi connectivity index (χ1n) is 22.3. The Morgan fingerprint density at radius 1 is 0.451 bits per heavy atom. The van der Waals surface area contributed by atoms with E-state index in [1.165, 1.54) is 49.9 Å². The number of benzene rings is 2. The summed E-state index contributed by atoms with van der Waals surface area (Å²) in [4.78, 5) is 25.1. The first-order valence-corrected chi connectivity index (χ1v) is 106. The van der Waals surface area contributed by atoms with Crippen LogP contribution in [0.15, 0.2) is 78.1 Å². The van der Waals surface area contributed by atoms with Gasteiger partial charge in [-0.2, -0.15) is 5.10 Å². The summed E-state index contributed by atoms with van der Waals surface area (Å²) >= 11 is 3.34. The van der Waals surface area contributed by atoms with E-state index >= 15 is 0 Å². The molecule has 2 heterocycles. The maximum absolute atomic E-state index is 10.5. The van der Waals surface area contributed by atoms with Crippen LogP contribution in [0, 0.1) is 5.92 Å². The summed E-state index contributed by atoms with van der Waals surface area (Å²) in [7, 11) is 81.2. The van der Waals surface area contributed by atoms with Crippen LogP contribution in [-0.2, 0) is 0 Å². The van der Waals surface area contributed by atoms with Gasteiger partial charge in [0.2, 0.25) is 0 Å². The number of halogens is 1. The van der Waals surface area contributed by atoms with Crippen molar-refractivity contribution in [2.45, 2.75) is 37.8 Å². The summed E-state index contributed by atoms with van der Waals surface area (Å²) in [6.45, 7) is -3.08. The lowest BCUT2D eigenvalue weighted by Gasteiger charge is -2.57. The summed E-state index contributed by atoms with van der Waals surface area (Å²) in [5.74, 6) is 0.872. The number of hydrogen-bond acceptors (Lipinski definition) is 6. The second-order valence-corrected chi connectivity index (χ2v) is 205. The van der Waals surface area contributed by atoms with Crippen LogP contribution >= 0.6 is 384 Å². The van der Waals surface area contributed by atoms with Gasteiger partial charge in [-0.05, 0) is 218 Å². The molecule has 55 heteroatoms. The average molecular weight is 2020 g/mol. The molecule has 82 heavy (non-hydrogen) atoms. The van der Waals surface area contributed by atoms with E-state index in [1.54, 1.807) is 0 Å². The molecule has 0 spiro atoms. The zero-order valence-corrected chi connectivity index (χ0v) is 92.3. The van der Waals surface area contributed by atoms with Crippen molar-refractivity contribution >= 4 is 414 Å². The third kappa shape index (κ3) is 32.6. The van der Waals surface area contributed by atoms with Crippen molar-refractivity contribution in [3.05, 3.63) is 84.2 Å². The number of carbonyl (C=O) groups excluding carboxylic acids is 2. The van der Waals surface area contributed by atoms with Gasteiger partial charge >= 0.3 is 7.12 Å². The summed E-state index contributed by atoms with van der Waals surface area (Å²) in [6, 6.07) is 14.7. The molecule has 25 unspecified atom stereocenters. The lowest BCUT2D eigenvalue weighted by atomic mass is 9.80. The highest BCUT2D eigenvalue weighted by molar-refractivity contribution is 9.51. The van der Waals surface area contributed by atoms with Crippen LogP contribution in [0.1, 0.15) is 52.4 Å². The van der Waals surface area contributed by atoms with Crippen LogP contribution < -0.4 is 5.46 Å². The summed E-state index contributed by atoms with van der Waals surface area (Å²) in [5, 5.41) is 21.7. The number of allylic oxidation sites excluding steroid dienone is 1. The maximum atomic E-state index is 10.5. The standard InChI is InChI=1S/C13H12N2O.C7H7BO3.C7H8BrN.H48P46/c16-9-10-1-3-11(4-2-10)12-7-14-15(8-12)13-5-6-13;9-5-6-1-3-7(4-2-6)8(10)11;8-7-4-3-6(9-7)5-1-2-5;1-25(2)37(26(3)4)43(38(27(5)6)28(7)8)46(44(39(29(9)10)30(11)12)40(31(13)14)32(15)16)45(41(33(17)18)34(19)20)42(35(21)22)36(23)24/h1-4,7-9,13H,5-6H2;1-5,10-11H;3-6H,1-2H2;1-24H2. The molecule has 7 nitrogen and oxygen atoms in total. The van der Waals surface area contributed by atoms with Gasteiger partial charge < -0.3 is 10.0 Å². The van der Waals surface area contributed by atoms with Crippen molar-refractivity contribution in [2.75, 3.05) is 0 Å². The average Bonchev–Trinajstić information content (AvgIpc) is 4.31. The van der Waals surface area contributed by atoms with Gasteiger partial charge in [0.15, 0.2) is 0 Å². The Morgan fingerprint density at radius 3 is 1.00 bits per heavy atom. The third-order valence-electron chi connectivity index (χ3n) is 10.0. The number of aldehydes is 2. The van der Waals surface area contributed by atoms with E-state index in [0.29, 0.717) is 35.0 Å². The van der Waals surface area contributed by atoms with Crippen LogP contribution in [0.5, 0.6) is 0 Å². The van der Waals surface area contributed by atoms with Gasteiger partial charge in [0, 0.05) is 22.9 Å². The van der Waals surface area contributed by atoms with E-state index in [0.717, 1.165) is 28.0 Å². The summed E-state index contributed by atoms with van der Waals surface area (Å²) in [6.07, 6.45) is 15.0. The molecule has 0 bridgehead atoms. The van der Waals surface area contributed by atoms with Crippen LogP contribution in [0.2, 0.25) is 0 Å². The zero-order valence-electron chi connectivity index (χ0n) is 43.3. The Hall–Kier alpha value is 16.6. The molecule has 2 aromatic carbocycles. The molecular weight excluding hydrogens is 1950 g/mol. The summed E-state index contributed by atoms with van der Waals surface area (Å²) < 4.78 is 3.04. The van der Waals surface area contributed by atoms with Crippen LogP contribution in [0.4, 0.5) is 0 Å². The topological polar surface area (TPSA) is 105 Å². The predicted molar refractivity (Wildman–Crippen MR) is 530 cm³/mol. The van der Waals surface area contributed by atoms with E-state index in [-0.39, 0.29) is 154 Å². The normalized spacial score (nSPS) is 15.9. The molecule has 0 saturated heterocycles. The van der Waals surface area contributed by atoms with Gasteiger partial charge in [-0.1, -0.05) is 54.6 Å².